The molecule has 0 saturated heterocycles. The first kappa shape index (κ1) is 16.1. The maximum absolute atomic E-state index is 13.7. The highest BCUT2D eigenvalue weighted by molar-refractivity contribution is 7.16. The van der Waals surface area contributed by atoms with E-state index in [4.69, 9.17) is 0 Å². The number of nitrogens with one attached hydrogen (secondary N) is 2. The molecule has 0 spiro atoms. The van der Waals surface area contributed by atoms with Gasteiger partial charge in [-0.2, -0.15) is 0 Å². The first-order chi connectivity index (χ1) is 11.7. The topological polar surface area (TPSA) is 66.9 Å². The van der Waals surface area contributed by atoms with Crippen molar-refractivity contribution in [3.05, 3.63) is 65.7 Å². The average Bonchev–Trinajstić information content (AvgIpc) is 3.10. The zero-order valence-electron chi connectivity index (χ0n) is 12.7. The van der Waals surface area contributed by atoms with Gasteiger partial charge in [0.2, 0.25) is 0 Å². The Hall–Kier alpha value is -2.80. The van der Waals surface area contributed by atoms with Crippen LogP contribution in [0.25, 0.3) is 10.6 Å². The fraction of sp³-hybridized carbons (Fsp3) is 0.118. The summed E-state index contributed by atoms with van der Waals surface area (Å²) in [6, 6.07) is 10.1. The Bertz CT molecular complexity index is 822. The zero-order chi connectivity index (χ0) is 16.8. The molecule has 2 heterocycles. The average molecular weight is 342 g/mol. The minimum Gasteiger partial charge on any atom is -0.383 e. The predicted molar refractivity (Wildman–Crippen MR) is 92.6 cm³/mol. The number of aromatic nitrogens is 2. The highest BCUT2D eigenvalue weighted by atomic mass is 32.1. The van der Waals surface area contributed by atoms with Gasteiger partial charge in [-0.05, 0) is 24.3 Å². The maximum atomic E-state index is 13.7. The van der Waals surface area contributed by atoms with E-state index in [1.165, 1.54) is 23.6 Å². The Morgan fingerprint density at radius 3 is 2.71 bits per heavy atom. The monoisotopic (exact) mass is 342 g/mol. The van der Waals surface area contributed by atoms with E-state index in [0.717, 1.165) is 5.69 Å². The summed E-state index contributed by atoms with van der Waals surface area (Å²) >= 11 is 1.17. The number of carbonyl (C=O) groups excluding carboxylic acids is 1. The van der Waals surface area contributed by atoms with E-state index in [1.807, 2.05) is 12.1 Å². The molecular formula is C17H15FN4OS. The summed E-state index contributed by atoms with van der Waals surface area (Å²) < 4.78 is 13.7. The van der Waals surface area contributed by atoms with Gasteiger partial charge in [0, 0.05) is 36.7 Å². The third-order valence-electron chi connectivity index (χ3n) is 3.25. The van der Waals surface area contributed by atoms with Gasteiger partial charge in [0.15, 0.2) is 0 Å². The number of rotatable bonds is 6. The van der Waals surface area contributed by atoms with Crippen LogP contribution >= 0.6 is 11.3 Å². The molecule has 0 saturated carbocycles. The lowest BCUT2D eigenvalue weighted by molar-refractivity contribution is 0.0959. The quantitative estimate of drug-likeness (QED) is 0.675. The molecule has 0 atom stereocenters. The summed E-state index contributed by atoms with van der Waals surface area (Å²) in [5, 5.41) is 6.48. The molecule has 122 valence electrons. The second-order valence-electron chi connectivity index (χ2n) is 4.93. The van der Waals surface area contributed by atoms with E-state index >= 15 is 0 Å². The third-order valence-corrected chi connectivity index (χ3v) is 4.28. The van der Waals surface area contributed by atoms with Crippen LogP contribution in [0.2, 0.25) is 0 Å². The van der Waals surface area contributed by atoms with Crippen molar-refractivity contribution < 1.29 is 9.18 Å². The molecule has 24 heavy (non-hydrogen) atoms. The van der Waals surface area contributed by atoms with E-state index in [1.54, 1.807) is 30.6 Å². The first-order valence-electron chi connectivity index (χ1n) is 7.37. The van der Waals surface area contributed by atoms with Crippen molar-refractivity contribution in [3.8, 4) is 10.6 Å². The van der Waals surface area contributed by atoms with Gasteiger partial charge in [0.05, 0.1) is 6.20 Å². The first-order valence-corrected chi connectivity index (χ1v) is 8.18. The summed E-state index contributed by atoms with van der Waals surface area (Å²) in [4.78, 5) is 20.6. The fourth-order valence-electron chi connectivity index (χ4n) is 2.08. The van der Waals surface area contributed by atoms with Gasteiger partial charge in [0.25, 0.3) is 5.91 Å². The number of pyridine rings is 1. The fourth-order valence-corrected chi connectivity index (χ4v) is 2.94. The highest BCUT2D eigenvalue weighted by Gasteiger charge is 2.13. The van der Waals surface area contributed by atoms with Gasteiger partial charge >= 0.3 is 0 Å². The minimum absolute atomic E-state index is 0.216. The number of amides is 1. The second-order valence-corrected chi connectivity index (χ2v) is 5.96. The number of hydrogen-bond acceptors (Lipinski definition) is 5. The van der Waals surface area contributed by atoms with Crippen LogP contribution < -0.4 is 10.6 Å². The van der Waals surface area contributed by atoms with Gasteiger partial charge in [-0.25, -0.2) is 9.37 Å². The summed E-state index contributed by atoms with van der Waals surface area (Å²) in [6.07, 6.45) is 4.86. The van der Waals surface area contributed by atoms with Crippen LogP contribution in [-0.2, 0) is 0 Å². The molecule has 0 fully saturated rings. The molecule has 3 rings (SSSR count). The van der Waals surface area contributed by atoms with Crippen LogP contribution in [0.3, 0.4) is 0 Å². The Labute approximate surface area is 142 Å². The van der Waals surface area contributed by atoms with Crippen LogP contribution in [0.15, 0.2) is 55.0 Å². The minimum atomic E-state index is -0.347. The highest BCUT2D eigenvalue weighted by Crippen LogP contribution is 2.27. The van der Waals surface area contributed by atoms with Crippen molar-refractivity contribution in [2.45, 2.75) is 0 Å². The summed E-state index contributed by atoms with van der Waals surface area (Å²) in [5.74, 6) is -0.563. The molecule has 0 aliphatic heterocycles. The maximum Gasteiger partial charge on any atom is 0.263 e. The van der Waals surface area contributed by atoms with E-state index in [9.17, 15) is 9.18 Å². The van der Waals surface area contributed by atoms with Gasteiger partial charge in [-0.15, -0.1) is 11.3 Å². The predicted octanol–water partition coefficient (Wildman–Crippen LogP) is 3.19. The van der Waals surface area contributed by atoms with Crippen LogP contribution in [0.1, 0.15) is 9.67 Å². The smallest absolute Gasteiger partial charge is 0.263 e. The lowest BCUT2D eigenvalue weighted by atomic mass is 10.2. The Balaban J connectivity index is 1.54. The van der Waals surface area contributed by atoms with Crippen molar-refractivity contribution >= 4 is 22.9 Å². The van der Waals surface area contributed by atoms with Crippen molar-refractivity contribution in [2.24, 2.45) is 0 Å². The molecule has 0 radical (unpaired) electrons. The zero-order valence-corrected chi connectivity index (χ0v) is 13.5. The third kappa shape index (κ3) is 3.94. The largest absolute Gasteiger partial charge is 0.383 e. The Kier molecular flexibility index (Phi) is 5.12. The second kappa shape index (κ2) is 7.65. The lowest BCUT2D eigenvalue weighted by Gasteiger charge is -2.06. The summed E-state index contributed by atoms with van der Waals surface area (Å²) in [6.45, 7) is 1.06. The van der Waals surface area contributed by atoms with Crippen LogP contribution in [0.5, 0.6) is 0 Å². The number of benzene rings is 1. The number of nitrogens with zero attached hydrogens (tertiary/aromatic N) is 2. The normalized spacial score (nSPS) is 10.4. The molecule has 0 aliphatic carbocycles. The lowest BCUT2D eigenvalue weighted by Crippen LogP contribution is -2.28. The van der Waals surface area contributed by atoms with Gasteiger partial charge < -0.3 is 10.6 Å². The molecule has 5 nitrogen and oxygen atoms in total. The van der Waals surface area contributed by atoms with Crippen molar-refractivity contribution in [1.82, 2.24) is 15.3 Å². The van der Waals surface area contributed by atoms with E-state index in [0.29, 0.717) is 28.5 Å². The molecule has 1 amide bonds. The van der Waals surface area contributed by atoms with Crippen molar-refractivity contribution in [3.63, 3.8) is 0 Å². The molecule has 0 unspecified atom stereocenters. The number of carbonyl (C=O) groups is 1. The van der Waals surface area contributed by atoms with Crippen LogP contribution in [0.4, 0.5) is 10.1 Å². The summed E-state index contributed by atoms with van der Waals surface area (Å²) in [5.41, 5.74) is 1.35. The van der Waals surface area contributed by atoms with E-state index in [-0.39, 0.29) is 11.7 Å². The molecule has 3 aromatic rings. The SMILES string of the molecule is O=C(NCCNc1ccncc1)c1cnc(-c2ccccc2F)s1. The van der Waals surface area contributed by atoms with E-state index < -0.39 is 0 Å². The molecule has 7 heteroatoms. The Morgan fingerprint density at radius 1 is 1.12 bits per heavy atom. The molecular weight excluding hydrogens is 327 g/mol. The van der Waals surface area contributed by atoms with Crippen LogP contribution in [0, 0.1) is 5.82 Å². The van der Waals surface area contributed by atoms with Gasteiger partial charge in [-0.3, -0.25) is 9.78 Å². The van der Waals surface area contributed by atoms with Gasteiger partial charge in [0.1, 0.15) is 15.7 Å². The van der Waals surface area contributed by atoms with Crippen LogP contribution in [-0.4, -0.2) is 29.0 Å². The Morgan fingerprint density at radius 2 is 1.92 bits per heavy atom. The van der Waals surface area contributed by atoms with Crippen molar-refractivity contribution in [1.29, 1.82) is 0 Å². The molecule has 1 aromatic carbocycles. The summed E-state index contributed by atoms with van der Waals surface area (Å²) in [7, 11) is 0. The molecule has 2 aromatic heterocycles. The number of hydrogen-bond donors (Lipinski definition) is 2. The van der Waals surface area contributed by atoms with Gasteiger partial charge in [-0.1, -0.05) is 12.1 Å². The van der Waals surface area contributed by atoms with E-state index in [2.05, 4.69) is 20.6 Å². The standard InChI is InChI=1S/C17H15FN4OS/c18-14-4-2-1-3-13(14)17-22-11-15(24-17)16(23)21-10-9-20-12-5-7-19-8-6-12/h1-8,11H,9-10H2,(H,19,20)(H,21,23). The molecule has 2 N–H and O–H groups in total. The molecule has 0 aliphatic rings. The molecule has 0 bridgehead atoms. The van der Waals surface area contributed by atoms with Crippen molar-refractivity contribution in [2.75, 3.05) is 18.4 Å². The number of thiazole rings is 1. The number of anilines is 1. The number of halogens is 1.